The van der Waals surface area contributed by atoms with Crippen molar-refractivity contribution in [1.82, 2.24) is 0 Å². The lowest BCUT2D eigenvalue weighted by atomic mass is 9.98. The van der Waals surface area contributed by atoms with Gasteiger partial charge in [0.05, 0.1) is 22.3 Å². The van der Waals surface area contributed by atoms with Gasteiger partial charge < -0.3 is 10.5 Å². The number of hydrogen-bond acceptors (Lipinski definition) is 4. The molecule has 1 saturated carbocycles. The van der Waals surface area contributed by atoms with Gasteiger partial charge in [-0.3, -0.25) is 0 Å². The van der Waals surface area contributed by atoms with Crippen LogP contribution in [0.3, 0.4) is 0 Å². The van der Waals surface area contributed by atoms with Gasteiger partial charge >= 0.3 is 0 Å². The Bertz CT molecular complexity index is 654. The fourth-order valence-corrected chi connectivity index (χ4v) is 5.58. The van der Waals surface area contributed by atoms with Crippen LogP contribution in [0.25, 0.3) is 0 Å². The SMILES string of the molecule is CCOC[C@@]1(C(N)=S)[C@H](S(C)(=O)=O)[C@@H]1c1ccc(CC)cc1. The summed E-state index contributed by atoms with van der Waals surface area (Å²) in [7, 11) is -3.27. The van der Waals surface area contributed by atoms with Crippen LogP contribution in [0.4, 0.5) is 0 Å². The third-order valence-corrected chi connectivity index (χ3v) is 6.46. The third kappa shape index (κ3) is 2.92. The number of hydrogen-bond donors (Lipinski definition) is 1. The molecule has 4 nitrogen and oxygen atoms in total. The summed E-state index contributed by atoms with van der Waals surface area (Å²) in [6.07, 6.45) is 2.19. The highest BCUT2D eigenvalue weighted by atomic mass is 32.2. The van der Waals surface area contributed by atoms with E-state index in [9.17, 15) is 8.42 Å². The second-order valence-corrected chi connectivity index (χ2v) is 8.47. The molecular weight excluding hydrogens is 318 g/mol. The molecule has 1 aromatic carbocycles. The van der Waals surface area contributed by atoms with Gasteiger partial charge in [0.1, 0.15) is 0 Å². The molecule has 0 saturated heterocycles. The molecule has 0 aromatic heterocycles. The number of rotatable bonds is 7. The van der Waals surface area contributed by atoms with Crippen LogP contribution in [0.2, 0.25) is 0 Å². The summed E-state index contributed by atoms with van der Waals surface area (Å²) in [5.74, 6) is -0.225. The molecule has 1 aliphatic carbocycles. The van der Waals surface area contributed by atoms with Crippen LogP contribution in [0.15, 0.2) is 24.3 Å². The fourth-order valence-electron chi connectivity index (χ4n) is 3.27. The normalized spacial score (nSPS) is 27.6. The van der Waals surface area contributed by atoms with Gasteiger partial charge in [0.25, 0.3) is 0 Å². The van der Waals surface area contributed by atoms with E-state index in [2.05, 4.69) is 6.92 Å². The summed E-state index contributed by atoms with van der Waals surface area (Å²) in [5.41, 5.74) is 7.32. The number of nitrogens with two attached hydrogens (primary N) is 1. The van der Waals surface area contributed by atoms with Crippen molar-refractivity contribution in [3.05, 3.63) is 35.4 Å². The number of ether oxygens (including phenoxy) is 1. The average molecular weight is 341 g/mol. The lowest BCUT2D eigenvalue weighted by Crippen LogP contribution is -2.33. The van der Waals surface area contributed by atoms with Crippen molar-refractivity contribution in [2.75, 3.05) is 19.5 Å². The zero-order valence-corrected chi connectivity index (χ0v) is 14.8. The maximum Gasteiger partial charge on any atom is 0.152 e. The van der Waals surface area contributed by atoms with Crippen molar-refractivity contribution in [2.24, 2.45) is 11.1 Å². The number of thiocarbonyl (C=S) groups is 1. The zero-order valence-electron chi connectivity index (χ0n) is 13.2. The smallest absolute Gasteiger partial charge is 0.152 e. The van der Waals surface area contributed by atoms with Crippen LogP contribution in [-0.2, 0) is 21.0 Å². The van der Waals surface area contributed by atoms with Crippen molar-refractivity contribution < 1.29 is 13.2 Å². The number of benzene rings is 1. The Morgan fingerprint density at radius 1 is 1.32 bits per heavy atom. The van der Waals surface area contributed by atoms with E-state index in [1.54, 1.807) is 0 Å². The molecule has 1 aliphatic rings. The summed E-state index contributed by atoms with van der Waals surface area (Å²) in [6, 6.07) is 8.01. The summed E-state index contributed by atoms with van der Waals surface area (Å²) in [6.45, 7) is 4.70. The first-order valence-corrected chi connectivity index (χ1v) is 9.80. The van der Waals surface area contributed by atoms with E-state index < -0.39 is 20.5 Å². The Kier molecular flexibility index (Phi) is 4.94. The molecule has 0 heterocycles. The Labute approximate surface area is 138 Å². The van der Waals surface area contributed by atoms with Crippen molar-refractivity contribution >= 4 is 27.0 Å². The molecule has 0 radical (unpaired) electrons. The first kappa shape index (κ1) is 17.4. The van der Waals surface area contributed by atoms with Crippen LogP contribution in [-0.4, -0.2) is 38.1 Å². The molecule has 22 heavy (non-hydrogen) atoms. The molecule has 0 bridgehead atoms. The van der Waals surface area contributed by atoms with Gasteiger partial charge in [-0.05, 0) is 24.5 Å². The molecule has 0 amide bonds. The molecule has 122 valence electrons. The highest BCUT2D eigenvalue weighted by molar-refractivity contribution is 7.92. The van der Waals surface area contributed by atoms with E-state index in [1.807, 2.05) is 31.2 Å². The Morgan fingerprint density at radius 2 is 1.91 bits per heavy atom. The number of aryl methyl sites for hydroxylation is 1. The fraction of sp³-hybridized carbons (Fsp3) is 0.562. The predicted octanol–water partition coefficient (Wildman–Crippen LogP) is 2.07. The van der Waals surface area contributed by atoms with Gasteiger partial charge in [0.2, 0.25) is 0 Å². The summed E-state index contributed by atoms with van der Waals surface area (Å²) in [5, 5.41) is -0.600. The number of sulfone groups is 1. The largest absolute Gasteiger partial charge is 0.393 e. The molecule has 1 aromatic rings. The van der Waals surface area contributed by atoms with E-state index in [4.69, 9.17) is 22.7 Å². The highest BCUT2D eigenvalue weighted by Crippen LogP contribution is 2.63. The van der Waals surface area contributed by atoms with Crippen molar-refractivity contribution in [3.8, 4) is 0 Å². The maximum atomic E-state index is 12.2. The van der Waals surface area contributed by atoms with E-state index >= 15 is 0 Å². The summed E-state index contributed by atoms with van der Waals surface area (Å²) >= 11 is 5.21. The van der Waals surface area contributed by atoms with Gasteiger partial charge in [0, 0.05) is 18.8 Å². The predicted molar refractivity (Wildman–Crippen MR) is 92.9 cm³/mol. The van der Waals surface area contributed by atoms with Gasteiger partial charge in [-0.2, -0.15) is 0 Å². The molecule has 0 spiro atoms. The lowest BCUT2D eigenvalue weighted by molar-refractivity contribution is 0.121. The van der Waals surface area contributed by atoms with Crippen LogP contribution in [0.5, 0.6) is 0 Å². The van der Waals surface area contributed by atoms with Gasteiger partial charge in [-0.1, -0.05) is 43.4 Å². The second-order valence-electron chi connectivity index (χ2n) is 5.86. The second kappa shape index (κ2) is 6.26. The van der Waals surface area contributed by atoms with E-state index in [0.29, 0.717) is 6.61 Å². The average Bonchev–Trinajstić information content (AvgIpc) is 3.16. The maximum absolute atomic E-state index is 12.2. The quantitative estimate of drug-likeness (QED) is 0.769. The minimum absolute atomic E-state index is 0.223. The van der Waals surface area contributed by atoms with E-state index in [1.165, 1.54) is 11.8 Å². The van der Waals surface area contributed by atoms with Crippen LogP contribution >= 0.6 is 12.2 Å². The van der Waals surface area contributed by atoms with Crippen molar-refractivity contribution in [2.45, 2.75) is 31.4 Å². The van der Waals surface area contributed by atoms with Crippen molar-refractivity contribution in [1.29, 1.82) is 0 Å². The highest BCUT2D eigenvalue weighted by Gasteiger charge is 2.71. The molecule has 2 rings (SSSR count). The summed E-state index contributed by atoms with van der Waals surface area (Å²) in [4.78, 5) is 0.223. The molecule has 0 unspecified atom stereocenters. The van der Waals surface area contributed by atoms with Gasteiger partial charge in [0.15, 0.2) is 9.84 Å². The van der Waals surface area contributed by atoms with Crippen molar-refractivity contribution in [3.63, 3.8) is 0 Å². The first-order chi connectivity index (χ1) is 10.3. The van der Waals surface area contributed by atoms with E-state index in [-0.39, 0.29) is 17.5 Å². The Morgan fingerprint density at radius 3 is 2.32 bits per heavy atom. The minimum Gasteiger partial charge on any atom is -0.393 e. The minimum atomic E-state index is -3.27. The standard InChI is InChI=1S/C16H23NO3S2/c1-4-11-6-8-12(9-7-11)13-14(22(3,18)19)16(13,15(17)21)10-20-5-2/h6-9,13-14H,4-5,10H2,1-3H3,(H2,17,21)/t13-,14+,16-/m0/s1. The monoisotopic (exact) mass is 341 g/mol. The lowest BCUT2D eigenvalue weighted by Gasteiger charge is -2.16. The van der Waals surface area contributed by atoms with Gasteiger partial charge in [-0.15, -0.1) is 0 Å². The Balaban J connectivity index is 2.43. The Hall–Kier alpha value is -0.980. The zero-order chi connectivity index (χ0) is 16.5. The van der Waals surface area contributed by atoms with Crippen LogP contribution in [0, 0.1) is 5.41 Å². The third-order valence-electron chi connectivity index (χ3n) is 4.47. The van der Waals surface area contributed by atoms with Crippen LogP contribution in [0.1, 0.15) is 30.9 Å². The topological polar surface area (TPSA) is 69.4 Å². The van der Waals surface area contributed by atoms with E-state index in [0.717, 1.165) is 12.0 Å². The van der Waals surface area contributed by atoms with Gasteiger partial charge in [-0.25, -0.2) is 8.42 Å². The molecule has 0 aliphatic heterocycles. The molecule has 3 atom stereocenters. The first-order valence-electron chi connectivity index (χ1n) is 7.44. The molecule has 6 heteroatoms. The molecular formula is C16H23NO3S2. The summed E-state index contributed by atoms with van der Waals surface area (Å²) < 4.78 is 29.9. The molecule has 1 fully saturated rings. The van der Waals surface area contributed by atoms with Crippen LogP contribution < -0.4 is 5.73 Å². The molecule has 2 N–H and O–H groups in total.